The van der Waals surface area contributed by atoms with Crippen LogP contribution in [0.15, 0.2) is 22.3 Å². The van der Waals surface area contributed by atoms with Crippen LogP contribution in [-0.4, -0.2) is 10.7 Å². The number of aryl methyl sites for hydroxylation is 1. The Hall–Kier alpha value is -1.22. The van der Waals surface area contributed by atoms with Crippen molar-refractivity contribution in [1.82, 2.24) is 4.98 Å². The maximum Gasteiger partial charge on any atom is 0.220 e. The second-order valence-electron chi connectivity index (χ2n) is 3.58. The molecule has 1 aliphatic rings. The van der Waals surface area contributed by atoms with E-state index in [1.54, 1.807) is 19.1 Å². The maximum absolute atomic E-state index is 13.5. The minimum Gasteiger partial charge on any atom is -0.245 e. The number of nitrogens with zero attached hydrogens (tertiary/aromatic N) is 2. The van der Waals surface area contributed by atoms with Gasteiger partial charge in [0.2, 0.25) is 5.95 Å². The molecule has 78 valence electrons. The highest BCUT2D eigenvalue weighted by Crippen LogP contribution is 2.32. The fourth-order valence-corrected chi connectivity index (χ4v) is 1.87. The molecule has 0 radical (unpaired) electrons. The second-order valence-corrected chi connectivity index (χ2v) is 3.94. The van der Waals surface area contributed by atoms with E-state index in [-0.39, 0.29) is 0 Å². The van der Waals surface area contributed by atoms with Crippen LogP contribution >= 0.6 is 11.6 Å². The van der Waals surface area contributed by atoms with Crippen molar-refractivity contribution in [3.05, 3.63) is 34.5 Å². The molecule has 0 bridgehead atoms. The van der Waals surface area contributed by atoms with E-state index in [4.69, 9.17) is 11.6 Å². The molecule has 0 aromatic carbocycles. The molecule has 0 saturated heterocycles. The van der Waals surface area contributed by atoms with Crippen molar-refractivity contribution in [3.63, 3.8) is 0 Å². The van der Waals surface area contributed by atoms with Crippen LogP contribution in [0.25, 0.3) is 5.57 Å². The van der Waals surface area contributed by atoms with E-state index in [2.05, 4.69) is 9.98 Å². The molecule has 0 atom stereocenters. The van der Waals surface area contributed by atoms with Crippen molar-refractivity contribution in [3.8, 4) is 0 Å². The van der Waals surface area contributed by atoms with E-state index in [0.717, 1.165) is 11.3 Å². The topological polar surface area (TPSA) is 25.2 Å². The van der Waals surface area contributed by atoms with Gasteiger partial charge in [-0.25, -0.2) is 9.98 Å². The Bertz CT molecular complexity index is 477. The van der Waals surface area contributed by atoms with Crippen molar-refractivity contribution in [1.29, 1.82) is 0 Å². The molecule has 0 saturated carbocycles. The molecule has 0 spiro atoms. The Morgan fingerprint density at radius 3 is 2.60 bits per heavy atom. The summed E-state index contributed by atoms with van der Waals surface area (Å²) >= 11 is 5.92. The Morgan fingerprint density at radius 2 is 2.07 bits per heavy atom. The van der Waals surface area contributed by atoms with Gasteiger partial charge in [-0.15, -0.1) is 0 Å². The molecule has 0 amide bonds. The number of halogens is 2. The standard InChI is InChI=1S/C11H10ClFN2/c1-6-3-4-8(11(13)15-6)9-5-7(2)14-10(9)12/h3-4H,5H2,1-2H3. The normalized spacial score (nSPS) is 15.9. The molecule has 0 aliphatic carbocycles. The molecule has 0 unspecified atom stereocenters. The lowest BCUT2D eigenvalue weighted by Gasteiger charge is -2.04. The summed E-state index contributed by atoms with van der Waals surface area (Å²) in [7, 11) is 0. The number of hydrogen-bond donors (Lipinski definition) is 0. The highest BCUT2D eigenvalue weighted by atomic mass is 35.5. The van der Waals surface area contributed by atoms with Gasteiger partial charge in [0.1, 0.15) is 5.16 Å². The zero-order valence-corrected chi connectivity index (χ0v) is 9.27. The first kappa shape index (κ1) is 10.3. The number of aliphatic imine (C=N–C) groups is 1. The molecule has 0 N–H and O–H groups in total. The fourth-order valence-electron chi connectivity index (χ4n) is 1.56. The average Bonchev–Trinajstić information content (AvgIpc) is 2.45. The zero-order chi connectivity index (χ0) is 11.0. The molecule has 1 aliphatic heterocycles. The summed E-state index contributed by atoms with van der Waals surface area (Å²) in [4.78, 5) is 7.84. The number of hydrogen-bond acceptors (Lipinski definition) is 2. The summed E-state index contributed by atoms with van der Waals surface area (Å²) in [6, 6.07) is 3.47. The van der Waals surface area contributed by atoms with Crippen LogP contribution in [0.2, 0.25) is 0 Å². The molecule has 1 aromatic rings. The van der Waals surface area contributed by atoms with Crippen molar-refractivity contribution in [2.24, 2.45) is 4.99 Å². The summed E-state index contributed by atoms with van der Waals surface area (Å²) in [5.41, 5.74) is 2.73. The number of pyridine rings is 1. The lowest BCUT2D eigenvalue weighted by Crippen LogP contribution is -1.96. The van der Waals surface area contributed by atoms with Crippen molar-refractivity contribution in [2.45, 2.75) is 20.3 Å². The summed E-state index contributed by atoms with van der Waals surface area (Å²) in [6.07, 6.45) is 0.598. The Morgan fingerprint density at radius 1 is 1.33 bits per heavy atom. The third-order valence-corrected chi connectivity index (χ3v) is 2.60. The van der Waals surface area contributed by atoms with Gasteiger partial charge in [0.25, 0.3) is 0 Å². The minimum absolute atomic E-state index is 0.372. The summed E-state index contributed by atoms with van der Waals surface area (Å²) < 4.78 is 13.5. The first-order valence-electron chi connectivity index (χ1n) is 4.64. The molecule has 2 nitrogen and oxygen atoms in total. The molecular formula is C11H10ClFN2. The van der Waals surface area contributed by atoms with Gasteiger partial charge in [-0.1, -0.05) is 11.6 Å². The van der Waals surface area contributed by atoms with Gasteiger partial charge in [0.05, 0.1) is 0 Å². The van der Waals surface area contributed by atoms with Crippen LogP contribution < -0.4 is 0 Å². The van der Waals surface area contributed by atoms with Crippen molar-refractivity contribution in [2.75, 3.05) is 0 Å². The third kappa shape index (κ3) is 1.92. The van der Waals surface area contributed by atoms with Crippen molar-refractivity contribution >= 4 is 22.9 Å². The predicted molar refractivity (Wildman–Crippen MR) is 59.4 cm³/mol. The molecular weight excluding hydrogens is 215 g/mol. The van der Waals surface area contributed by atoms with E-state index < -0.39 is 5.95 Å². The van der Waals surface area contributed by atoms with E-state index in [1.165, 1.54) is 0 Å². The highest BCUT2D eigenvalue weighted by molar-refractivity contribution is 6.34. The van der Waals surface area contributed by atoms with Crippen LogP contribution in [0.5, 0.6) is 0 Å². The Labute approximate surface area is 92.5 Å². The molecule has 2 heterocycles. The number of aromatic nitrogens is 1. The quantitative estimate of drug-likeness (QED) is 0.531. The van der Waals surface area contributed by atoms with Gasteiger partial charge >= 0.3 is 0 Å². The SMILES string of the molecule is CC1=NC(Cl)=C(c2ccc(C)nc2F)C1. The van der Waals surface area contributed by atoms with Gasteiger partial charge in [-0.3, -0.25) is 0 Å². The zero-order valence-electron chi connectivity index (χ0n) is 8.51. The average molecular weight is 225 g/mol. The van der Waals surface area contributed by atoms with Crippen molar-refractivity contribution < 1.29 is 4.39 Å². The third-order valence-electron chi connectivity index (χ3n) is 2.28. The van der Waals surface area contributed by atoms with Gasteiger partial charge in [-0.05, 0) is 26.0 Å². The largest absolute Gasteiger partial charge is 0.245 e. The predicted octanol–water partition coefficient (Wildman–Crippen LogP) is 3.30. The van der Waals surface area contributed by atoms with Crippen LogP contribution in [0, 0.1) is 12.9 Å². The minimum atomic E-state index is -0.479. The molecule has 0 fully saturated rings. The molecule has 4 heteroatoms. The van der Waals surface area contributed by atoms with E-state index >= 15 is 0 Å². The highest BCUT2D eigenvalue weighted by Gasteiger charge is 2.18. The summed E-state index contributed by atoms with van der Waals surface area (Å²) in [5, 5.41) is 0.372. The second kappa shape index (κ2) is 3.74. The van der Waals surface area contributed by atoms with Crippen LogP contribution in [0.4, 0.5) is 4.39 Å². The van der Waals surface area contributed by atoms with Crippen LogP contribution in [0.1, 0.15) is 24.6 Å². The van der Waals surface area contributed by atoms with Gasteiger partial charge in [0.15, 0.2) is 0 Å². The Kier molecular flexibility index (Phi) is 2.57. The Balaban J connectivity index is 2.45. The molecule has 15 heavy (non-hydrogen) atoms. The van der Waals surface area contributed by atoms with Crippen LogP contribution in [0.3, 0.4) is 0 Å². The lowest BCUT2D eigenvalue weighted by molar-refractivity contribution is 0.576. The molecule has 1 aromatic heterocycles. The number of allylic oxidation sites excluding steroid dienone is 1. The van der Waals surface area contributed by atoms with E-state index in [0.29, 0.717) is 22.8 Å². The summed E-state index contributed by atoms with van der Waals surface area (Å²) in [6.45, 7) is 3.62. The first-order valence-corrected chi connectivity index (χ1v) is 5.02. The maximum atomic E-state index is 13.5. The summed E-state index contributed by atoms with van der Waals surface area (Å²) in [5.74, 6) is -0.479. The lowest BCUT2D eigenvalue weighted by atomic mass is 10.0. The first-order chi connectivity index (χ1) is 7.08. The fraction of sp³-hybridized carbons (Fsp3) is 0.273. The number of rotatable bonds is 1. The smallest absolute Gasteiger partial charge is 0.220 e. The van der Waals surface area contributed by atoms with Gasteiger partial charge < -0.3 is 0 Å². The molecule has 2 rings (SSSR count). The van der Waals surface area contributed by atoms with Crippen LogP contribution in [-0.2, 0) is 0 Å². The van der Waals surface area contributed by atoms with E-state index in [9.17, 15) is 4.39 Å². The van der Waals surface area contributed by atoms with E-state index in [1.807, 2.05) is 6.92 Å². The monoisotopic (exact) mass is 224 g/mol. The van der Waals surface area contributed by atoms with Gasteiger partial charge in [0, 0.05) is 29.0 Å². The van der Waals surface area contributed by atoms with Gasteiger partial charge in [-0.2, -0.15) is 4.39 Å².